The van der Waals surface area contributed by atoms with Gasteiger partial charge in [-0.05, 0) is 31.2 Å². The Hall–Kier alpha value is -2.36. The molecule has 1 heterocycles. The van der Waals surface area contributed by atoms with Crippen LogP contribution < -0.4 is 10.1 Å². The molecule has 0 saturated heterocycles. The summed E-state index contributed by atoms with van der Waals surface area (Å²) in [5.41, 5.74) is 1.53. The number of pyridine rings is 1. The Morgan fingerprint density at radius 2 is 2.00 bits per heavy atom. The topological polar surface area (TPSA) is 51.2 Å². The SMILES string of the molecule is CCOc1ccccc1C(=O)NCCc1ccccn1. The third-order valence-corrected chi connectivity index (χ3v) is 2.82. The number of amides is 1. The van der Waals surface area contributed by atoms with Crippen LogP contribution in [0.15, 0.2) is 48.7 Å². The van der Waals surface area contributed by atoms with Crippen LogP contribution in [0.5, 0.6) is 5.75 Å². The van der Waals surface area contributed by atoms with E-state index in [9.17, 15) is 4.79 Å². The molecule has 104 valence electrons. The van der Waals surface area contributed by atoms with Gasteiger partial charge in [0.05, 0.1) is 12.2 Å². The summed E-state index contributed by atoms with van der Waals surface area (Å²) in [6, 6.07) is 13.0. The van der Waals surface area contributed by atoms with Crippen molar-refractivity contribution in [3.8, 4) is 5.75 Å². The third-order valence-electron chi connectivity index (χ3n) is 2.82. The van der Waals surface area contributed by atoms with Gasteiger partial charge < -0.3 is 10.1 Å². The molecule has 0 spiro atoms. The lowest BCUT2D eigenvalue weighted by Gasteiger charge is -2.10. The van der Waals surface area contributed by atoms with Crippen LogP contribution in [-0.4, -0.2) is 24.0 Å². The van der Waals surface area contributed by atoms with Crippen LogP contribution in [0.1, 0.15) is 23.0 Å². The molecule has 1 amide bonds. The van der Waals surface area contributed by atoms with Crippen molar-refractivity contribution >= 4 is 5.91 Å². The van der Waals surface area contributed by atoms with Gasteiger partial charge in [0.15, 0.2) is 0 Å². The molecule has 0 aliphatic carbocycles. The number of benzene rings is 1. The lowest BCUT2D eigenvalue weighted by Crippen LogP contribution is -2.26. The monoisotopic (exact) mass is 270 g/mol. The quantitative estimate of drug-likeness (QED) is 0.877. The Morgan fingerprint density at radius 3 is 2.75 bits per heavy atom. The number of nitrogens with zero attached hydrogens (tertiary/aromatic N) is 1. The average molecular weight is 270 g/mol. The maximum atomic E-state index is 12.1. The van der Waals surface area contributed by atoms with E-state index in [1.807, 2.05) is 37.3 Å². The van der Waals surface area contributed by atoms with E-state index in [1.54, 1.807) is 18.3 Å². The minimum atomic E-state index is -0.120. The van der Waals surface area contributed by atoms with Crippen LogP contribution in [0, 0.1) is 0 Å². The molecule has 0 saturated carbocycles. The summed E-state index contributed by atoms with van der Waals surface area (Å²) < 4.78 is 5.45. The number of rotatable bonds is 6. The second-order valence-electron chi connectivity index (χ2n) is 4.26. The van der Waals surface area contributed by atoms with E-state index < -0.39 is 0 Å². The lowest BCUT2D eigenvalue weighted by atomic mass is 10.2. The molecule has 1 aromatic heterocycles. The van der Waals surface area contributed by atoms with Crippen LogP contribution >= 0.6 is 0 Å². The number of carbonyl (C=O) groups is 1. The summed E-state index contributed by atoms with van der Waals surface area (Å²) >= 11 is 0. The molecule has 0 aliphatic rings. The minimum Gasteiger partial charge on any atom is -0.493 e. The zero-order valence-corrected chi connectivity index (χ0v) is 11.5. The molecule has 0 atom stereocenters. The summed E-state index contributed by atoms with van der Waals surface area (Å²) in [6.07, 6.45) is 2.46. The zero-order chi connectivity index (χ0) is 14.2. The molecule has 4 heteroatoms. The highest BCUT2D eigenvalue weighted by atomic mass is 16.5. The van der Waals surface area contributed by atoms with E-state index in [2.05, 4.69) is 10.3 Å². The van der Waals surface area contributed by atoms with Gasteiger partial charge in [0.25, 0.3) is 5.91 Å². The van der Waals surface area contributed by atoms with E-state index in [0.29, 0.717) is 30.9 Å². The van der Waals surface area contributed by atoms with Gasteiger partial charge in [-0.3, -0.25) is 9.78 Å². The fourth-order valence-electron chi connectivity index (χ4n) is 1.88. The highest BCUT2D eigenvalue weighted by Crippen LogP contribution is 2.17. The van der Waals surface area contributed by atoms with Crippen LogP contribution in [0.25, 0.3) is 0 Å². The van der Waals surface area contributed by atoms with Crippen molar-refractivity contribution in [1.29, 1.82) is 0 Å². The maximum Gasteiger partial charge on any atom is 0.255 e. The summed E-state index contributed by atoms with van der Waals surface area (Å²) in [6.45, 7) is 2.99. The van der Waals surface area contributed by atoms with Crippen molar-refractivity contribution in [1.82, 2.24) is 10.3 Å². The largest absolute Gasteiger partial charge is 0.493 e. The first-order chi connectivity index (χ1) is 9.81. The molecule has 0 bridgehead atoms. The number of hydrogen-bond acceptors (Lipinski definition) is 3. The van der Waals surface area contributed by atoms with Gasteiger partial charge in [-0.25, -0.2) is 0 Å². The van der Waals surface area contributed by atoms with E-state index >= 15 is 0 Å². The zero-order valence-electron chi connectivity index (χ0n) is 11.5. The molecule has 20 heavy (non-hydrogen) atoms. The van der Waals surface area contributed by atoms with Crippen molar-refractivity contribution in [3.05, 3.63) is 59.9 Å². The van der Waals surface area contributed by atoms with Crippen LogP contribution in [0.3, 0.4) is 0 Å². The maximum absolute atomic E-state index is 12.1. The first kappa shape index (κ1) is 14.1. The van der Waals surface area contributed by atoms with Gasteiger partial charge in [-0.2, -0.15) is 0 Å². The molecular weight excluding hydrogens is 252 g/mol. The molecule has 0 radical (unpaired) electrons. The molecule has 1 aromatic carbocycles. The normalized spacial score (nSPS) is 10.1. The Labute approximate surface area is 118 Å². The van der Waals surface area contributed by atoms with Crippen molar-refractivity contribution < 1.29 is 9.53 Å². The molecule has 4 nitrogen and oxygen atoms in total. The third kappa shape index (κ3) is 3.82. The van der Waals surface area contributed by atoms with Crippen molar-refractivity contribution in [2.24, 2.45) is 0 Å². The fraction of sp³-hybridized carbons (Fsp3) is 0.250. The number of hydrogen-bond donors (Lipinski definition) is 1. The molecule has 1 N–H and O–H groups in total. The van der Waals surface area contributed by atoms with Crippen molar-refractivity contribution in [2.45, 2.75) is 13.3 Å². The van der Waals surface area contributed by atoms with Gasteiger partial charge >= 0.3 is 0 Å². The van der Waals surface area contributed by atoms with E-state index in [4.69, 9.17) is 4.74 Å². The predicted molar refractivity (Wildman–Crippen MR) is 77.9 cm³/mol. The van der Waals surface area contributed by atoms with Gasteiger partial charge in [-0.1, -0.05) is 18.2 Å². The second kappa shape index (κ2) is 7.28. The predicted octanol–water partition coefficient (Wildman–Crippen LogP) is 2.45. The molecule has 0 unspecified atom stereocenters. The van der Waals surface area contributed by atoms with Gasteiger partial charge in [0.2, 0.25) is 0 Å². The molecule has 0 aliphatic heterocycles. The van der Waals surface area contributed by atoms with E-state index in [-0.39, 0.29) is 5.91 Å². The number of nitrogens with one attached hydrogen (secondary N) is 1. The lowest BCUT2D eigenvalue weighted by molar-refractivity contribution is 0.0950. The summed E-state index contributed by atoms with van der Waals surface area (Å²) in [5.74, 6) is 0.496. The molecular formula is C16H18N2O2. The summed E-state index contributed by atoms with van der Waals surface area (Å²) in [7, 11) is 0. The summed E-state index contributed by atoms with van der Waals surface area (Å²) in [5, 5.41) is 2.89. The van der Waals surface area contributed by atoms with Gasteiger partial charge in [-0.15, -0.1) is 0 Å². The molecule has 0 fully saturated rings. The second-order valence-corrected chi connectivity index (χ2v) is 4.26. The van der Waals surface area contributed by atoms with Crippen molar-refractivity contribution in [3.63, 3.8) is 0 Å². The number of para-hydroxylation sites is 1. The Kier molecular flexibility index (Phi) is 5.12. The van der Waals surface area contributed by atoms with E-state index in [0.717, 1.165) is 5.69 Å². The highest BCUT2D eigenvalue weighted by Gasteiger charge is 2.10. The number of aromatic nitrogens is 1. The van der Waals surface area contributed by atoms with Crippen LogP contribution in [-0.2, 0) is 6.42 Å². The number of ether oxygens (including phenoxy) is 1. The number of carbonyl (C=O) groups excluding carboxylic acids is 1. The van der Waals surface area contributed by atoms with Crippen LogP contribution in [0.2, 0.25) is 0 Å². The van der Waals surface area contributed by atoms with E-state index in [1.165, 1.54) is 0 Å². The van der Waals surface area contributed by atoms with Gasteiger partial charge in [0, 0.05) is 24.9 Å². The van der Waals surface area contributed by atoms with Crippen molar-refractivity contribution in [2.75, 3.05) is 13.2 Å². The first-order valence-corrected chi connectivity index (χ1v) is 6.71. The Morgan fingerprint density at radius 1 is 1.20 bits per heavy atom. The minimum absolute atomic E-state index is 0.120. The smallest absolute Gasteiger partial charge is 0.255 e. The standard InChI is InChI=1S/C16H18N2O2/c1-2-20-15-9-4-3-8-14(15)16(19)18-12-10-13-7-5-6-11-17-13/h3-9,11H,2,10,12H2,1H3,(H,18,19). The highest BCUT2D eigenvalue weighted by molar-refractivity contribution is 5.96. The Balaban J connectivity index is 1.92. The molecule has 2 rings (SSSR count). The first-order valence-electron chi connectivity index (χ1n) is 6.71. The fourth-order valence-corrected chi connectivity index (χ4v) is 1.88. The summed E-state index contributed by atoms with van der Waals surface area (Å²) in [4.78, 5) is 16.3. The molecule has 2 aromatic rings. The average Bonchev–Trinajstić information content (AvgIpc) is 2.49. The van der Waals surface area contributed by atoms with Gasteiger partial charge in [0.1, 0.15) is 5.75 Å². The van der Waals surface area contributed by atoms with Crippen LogP contribution in [0.4, 0.5) is 0 Å². The Bertz CT molecular complexity index is 555.